The molecule has 46 heavy (non-hydrogen) atoms. The highest BCUT2D eigenvalue weighted by atomic mass is 35.5. The third kappa shape index (κ3) is 7.75. The summed E-state index contributed by atoms with van der Waals surface area (Å²) in [5, 5.41) is 12.5. The first-order valence-electron chi connectivity index (χ1n) is 15.6. The zero-order valence-electron chi connectivity index (χ0n) is 25.5. The van der Waals surface area contributed by atoms with Crippen LogP contribution in [-0.2, 0) is 16.1 Å². The number of anilines is 2. The molecule has 3 aromatic carbocycles. The molecular formula is C33H38ClFN6O5. The normalized spacial score (nSPS) is 17.0. The first kappa shape index (κ1) is 31.7. The van der Waals surface area contributed by atoms with Crippen molar-refractivity contribution in [3.05, 3.63) is 82.6 Å². The molecule has 2 saturated heterocycles. The van der Waals surface area contributed by atoms with Crippen molar-refractivity contribution in [2.75, 3.05) is 76.0 Å². The molecule has 0 spiro atoms. The number of ether oxygens (including phenoxy) is 3. The standard InChI is InChI=1S/C33H38ClFN6O5/c34-27-8-5-25(35)21-29(27)40-11-1-12-41(40)32(42)31(24-3-6-26(7-4-24)45-19-15-39-13-17-44-18-14-39)38-33(43)37-22-23-2-9-28-30(20-23)46-16-10-36-28/h2-9,20-21,31,36H,1,10-19,22H2,(H2,37,38,43). The Hall–Kier alpha value is -4.26. The zero-order chi connectivity index (χ0) is 31.9. The third-order valence-electron chi connectivity index (χ3n) is 8.16. The monoisotopic (exact) mass is 652 g/mol. The van der Waals surface area contributed by atoms with Crippen molar-refractivity contribution in [1.82, 2.24) is 20.5 Å². The van der Waals surface area contributed by atoms with Gasteiger partial charge in [0.2, 0.25) is 0 Å². The maximum atomic E-state index is 14.2. The molecular weight excluding hydrogens is 615 g/mol. The highest BCUT2D eigenvalue weighted by molar-refractivity contribution is 6.33. The lowest BCUT2D eigenvalue weighted by Crippen LogP contribution is -2.49. The smallest absolute Gasteiger partial charge is 0.315 e. The van der Waals surface area contributed by atoms with Crippen LogP contribution < -0.4 is 30.4 Å². The van der Waals surface area contributed by atoms with E-state index < -0.39 is 17.9 Å². The first-order valence-corrected chi connectivity index (χ1v) is 15.9. The fraction of sp³-hybridized carbons (Fsp3) is 0.394. The van der Waals surface area contributed by atoms with Gasteiger partial charge in [-0.15, -0.1) is 0 Å². The van der Waals surface area contributed by atoms with Gasteiger partial charge in [0, 0.05) is 51.9 Å². The fourth-order valence-corrected chi connectivity index (χ4v) is 5.95. The molecule has 3 amide bonds. The van der Waals surface area contributed by atoms with Gasteiger partial charge in [-0.3, -0.25) is 19.7 Å². The molecule has 2 fully saturated rings. The Kier molecular flexibility index (Phi) is 10.3. The van der Waals surface area contributed by atoms with E-state index in [4.69, 9.17) is 25.8 Å². The number of nitrogens with zero attached hydrogens (tertiary/aromatic N) is 3. The van der Waals surface area contributed by atoms with Crippen LogP contribution in [0.2, 0.25) is 5.02 Å². The summed E-state index contributed by atoms with van der Waals surface area (Å²) in [5.41, 5.74) is 2.73. The topological polar surface area (TPSA) is 108 Å². The molecule has 3 heterocycles. The van der Waals surface area contributed by atoms with Crippen molar-refractivity contribution in [3.8, 4) is 11.5 Å². The highest BCUT2D eigenvalue weighted by Crippen LogP contribution is 2.32. The number of hydrazine groups is 1. The van der Waals surface area contributed by atoms with Crippen LogP contribution in [0.5, 0.6) is 11.5 Å². The molecule has 3 aliphatic heterocycles. The van der Waals surface area contributed by atoms with Gasteiger partial charge in [-0.2, -0.15) is 0 Å². The van der Waals surface area contributed by atoms with E-state index in [1.54, 1.807) is 29.3 Å². The maximum Gasteiger partial charge on any atom is 0.315 e. The van der Waals surface area contributed by atoms with E-state index in [1.165, 1.54) is 23.2 Å². The summed E-state index contributed by atoms with van der Waals surface area (Å²) in [7, 11) is 0. The van der Waals surface area contributed by atoms with Crippen LogP contribution in [0.15, 0.2) is 60.7 Å². The van der Waals surface area contributed by atoms with Crippen molar-refractivity contribution in [1.29, 1.82) is 0 Å². The largest absolute Gasteiger partial charge is 0.492 e. The molecule has 13 heteroatoms. The number of hydrogen-bond donors (Lipinski definition) is 3. The van der Waals surface area contributed by atoms with Crippen LogP contribution in [-0.4, -0.2) is 87.5 Å². The quantitative estimate of drug-likeness (QED) is 0.300. The van der Waals surface area contributed by atoms with Crippen LogP contribution in [0.1, 0.15) is 23.6 Å². The van der Waals surface area contributed by atoms with Crippen LogP contribution in [0.25, 0.3) is 0 Å². The average Bonchev–Trinajstić information content (AvgIpc) is 3.58. The van der Waals surface area contributed by atoms with Gasteiger partial charge in [0.1, 0.15) is 36.6 Å². The second kappa shape index (κ2) is 14.9. The van der Waals surface area contributed by atoms with Gasteiger partial charge in [0.15, 0.2) is 0 Å². The summed E-state index contributed by atoms with van der Waals surface area (Å²) >= 11 is 6.42. The van der Waals surface area contributed by atoms with Crippen molar-refractivity contribution >= 4 is 34.9 Å². The van der Waals surface area contributed by atoms with Crippen molar-refractivity contribution in [2.24, 2.45) is 0 Å². The van der Waals surface area contributed by atoms with E-state index in [0.717, 1.165) is 56.4 Å². The lowest BCUT2D eigenvalue weighted by molar-refractivity contribution is -0.132. The summed E-state index contributed by atoms with van der Waals surface area (Å²) in [6.07, 6.45) is 0.655. The van der Waals surface area contributed by atoms with E-state index >= 15 is 0 Å². The predicted molar refractivity (Wildman–Crippen MR) is 173 cm³/mol. The molecule has 0 radical (unpaired) electrons. The number of amides is 3. The van der Waals surface area contributed by atoms with Gasteiger partial charge in [-0.25, -0.2) is 9.18 Å². The Balaban J connectivity index is 1.16. The molecule has 3 N–H and O–H groups in total. The molecule has 0 aromatic heterocycles. The number of hydrogen-bond acceptors (Lipinski definition) is 8. The Morgan fingerprint density at radius 2 is 1.83 bits per heavy atom. The SMILES string of the molecule is O=C(NCc1ccc2c(c1)OCCN2)NC(C(=O)N1CCCN1c1cc(F)ccc1Cl)c1ccc(OCCN2CCOCC2)cc1. The van der Waals surface area contributed by atoms with Gasteiger partial charge in [0.05, 0.1) is 29.6 Å². The molecule has 6 rings (SSSR count). The van der Waals surface area contributed by atoms with E-state index in [2.05, 4.69) is 20.9 Å². The molecule has 244 valence electrons. The van der Waals surface area contributed by atoms with Crippen LogP contribution in [0.3, 0.4) is 0 Å². The van der Waals surface area contributed by atoms with Crippen LogP contribution in [0, 0.1) is 5.82 Å². The van der Waals surface area contributed by atoms with Gasteiger partial charge in [0.25, 0.3) is 5.91 Å². The average molecular weight is 653 g/mol. The van der Waals surface area contributed by atoms with Crippen molar-refractivity contribution < 1.29 is 28.2 Å². The summed E-state index contributed by atoms with van der Waals surface area (Å²) < 4.78 is 31.3. The third-order valence-corrected chi connectivity index (χ3v) is 8.48. The second-order valence-corrected chi connectivity index (χ2v) is 11.7. The van der Waals surface area contributed by atoms with Crippen molar-refractivity contribution in [3.63, 3.8) is 0 Å². The first-order chi connectivity index (χ1) is 22.4. The number of nitrogens with one attached hydrogen (secondary N) is 3. The number of carbonyl (C=O) groups is 2. The lowest BCUT2D eigenvalue weighted by atomic mass is 10.1. The summed E-state index contributed by atoms with van der Waals surface area (Å²) in [5.74, 6) is 0.560. The number of urea groups is 1. The summed E-state index contributed by atoms with van der Waals surface area (Å²) in [6.45, 7) is 6.91. The minimum absolute atomic E-state index is 0.230. The molecule has 0 aliphatic carbocycles. The number of rotatable bonds is 10. The second-order valence-electron chi connectivity index (χ2n) is 11.3. The van der Waals surface area contributed by atoms with Gasteiger partial charge >= 0.3 is 6.03 Å². The summed E-state index contributed by atoms with van der Waals surface area (Å²) in [6, 6.07) is 15.3. The number of halogens is 2. The minimum atomic E-state index is -1.04. The zero-order valence-corrected chi connectivity index (χ0v) is 26.2. The minimum Gasteiger partial charge on any atom is -0.492 e. The number of fused-ring (bicyclic) bond motifs is 1. The Morgan fingerprint density at radius 1 is 1.00 bits per heavy atom. The van der Waals surface area contributed by atoms with E-state index in [-0.39, 0.29) is 12.5 Å². The molecule has 11 nitrogen and oxygen atoms in total. The molecule has 3 aliphatic rings. The number of morpholine rings is 1. The molecule has 0 saturated carbocycles. The van der Waals surface area contributed by atoms with Crippen LogP contribution >= 0.6 is 11.6 Å². The maximum absolute atomic E-state index is 14.2. The van der Waals surface area contributed by atoms with Crippen LogP contribution in [0.4, 0.5) is 20.6 Å². The predicted octanol–water partition coefficient (Wildman–Crippen LogP) is 4.19. The Bertz CT molecular complexity index is 1520. The molecule has 3 aromatic rings. The molecule has 0 bridgehead atoms. The Labute approximate surface area is 272 Å². The lowest BCUT2D eigenvalue weighted by Gasteiger charge is -2.33. The van der Waals surface area contributed by atoms with Gasteiger partial charge in [-0.05, 0) is 53.9 Å². The molecule has 1 atom stereocenters. The number of benzene rings is 3. The van der Waals surface area contributed by atoms with Gasteiger partial charge in [-0.1, -0.05) is 29.8 Å². The van der Waals surface area contributed by atoms with E-state index in [0.29, 0.717) is 54.7 Å². The fourth-order valence-electron chi connectivity index (χ4n) is 5.74. The molecule has 1 unspecified atom stereocenters. The van der Waals surface area contributed by atoms with Gasteiger partial charge < -0.3 is 30.2 Å². The summed E-state index contributed by atoms with van der Waals surface area (Å²) in [4.78, 5) is 29.7. The van der Waals surface area contributed by atoms with E-state index in [1.807, 2.05) is 18.2 Å². The number of carbonyl (C=O) groups excluding carboxylic acids is 2. The highest BCUT2D eigenvalue weighted by Gasteiger charge is 2.35. The Morgan fingerprint density at radius 3 is 2.65 bits per heavy atom. The van der Waals surface area contributed by atoms with E-state index in [9.17, 15) is 14.0 Å². The van der Waals surface area contributed by atoms with Crippen molar-refractivity contribution in [2.45, 2.75) is 19.0 Å².